The van der Waals surface area contributed by atoms with Crippen LogP contribution < -0.4 is 15.0 Å². The van der Waals surface area contributed by atoms with Crippen molar-refractivity contribution in [3.63, 3.8) is 0 Å². The Hall–Kier alpha value is -1.50. The van der Waals surface area contributed by atoms with Gasteiger partial charge in [0.05, 0.1) is 25.4 Å². The van der Waals surface area contributed by atoms with Gasteiger partial charge in [-0.25, -0.2) is 0 Å². The highest BCUT2D eigenvalue weighted by atomic mass is 31.2. The van der Waals surface area contributed by atoms with E-state index >= 15 is 0 Å². The number of nitrogens with two attached hydrogens (primary N) is 1. The molecule has 0 aliphatic heterocycles. The molecule has 1 aromatic carbocycles. The molecule has 0 saturated carbocycles. The maximum absolute atomic E-state index is 8.56. The number of hydrogen-bond acceptors (Lipinski definition) is 9. The van der Waals surface area contributed by atoms with Crippen LogP contribution in [0, 0.1) is 11.5 Å². The minimum absolute atomic E-state index is 0.125. The summed E-state index contributed by atoms with van der Waals surface area (Å²) in [6.45, 7) is -1.21. The molecular weight excluding hydrogens is 303 g/mol. The molecule has 0 amide bonds. The number of nitriles is 1. The lowest BCUT2D eigenvalue weighted by molar-refractivity contribution is 0.0697. The summed E-state index contributed by atoms with van der Waals surface area (Å²) in [5.74, 6) is 0.278. The summed E-state index contributed by atoms with van der Waals surface area (Å²) < 4.78 is 9.10. The molecule has 118 valence electrons. The maximum atomic E-state index is 8.56. The molecule has 0 atom stereocenters. The highest BCUT2D eigenvalue weighted by molar-refractivity contribution is 7.39. The largest absolute Gasteiger partial charge is 0.423 e. The monoisotopic (exact) mass is 320 g/mol. The van der Waals surface area contributed by atoms with Crippen LogP contribution in [0.5, 0.6) is 11.5 Å². The first-order valence-corrected chi connectivity index (χ1v) is 6.71. The van der Waals surface area contributed by atoms with Crippen molar-refractivity contribution in [2.24, 2.45) is 5.73 Å². The van der Waals surface area contributed by atoms with Crippen molar-refractivity contribution < 1.29 is 34.4 Å². The van der Waals surface area contributed by atoms with E-state index in [9.17, 15) is 0 Å². The highest BCUT2D eigenvalue weighted by Gasteiger charge is 2.20. The first kappa shape index (κ1) is 19.5. The number of aliphatic hydroxyl groups is 3. The van der Waals surface area contributed by atoms with Crippen LogP contribution >= 0.6 is 8.60 Å². The van der Waals surface area contributed by atoms with Crippen molar-refractivity contribution in [3.8, 4) is 17.8 Å². The van der Waals surface area contributed by atoms with Crippen molar-refractivity contribution in [2.45, 2.75) is 5.54 Å². The van der Waals surface area contributed by atoms with Gasteiger partial charge in [-0.15, -0.1) is 5.26 Å². The van der Waals surface area contributed by atoms with Gasteiger partial charge in [0.25, 0.3) is 6.26 Å². The molecule has 0 aliphatic carbocycles. The molecule has 9 nitrogen and oxygen atoms in total. The van der Waals surface area contributed by atoms with Gasteiger partial charge in [-0.1, -0.05) is 12.1 Å². The van der Waals surface area contributed by atoms with Crippen LogP contribution in [0.25, 0.3) is 0 Å². The van der Waals surface area contributed by atoms with E-state index in [1.165, 1.54) is 18.4 Å². The van der Waals surface area contributed by atoms with E-state index in [-0.39, 0.29) is 11.5 Å². The second-order valence-electron chi connectivity index (χ2n) is 3.82. The zero-order valence-electron chi connectivity index (χ0n) is 11.0. The smallest absolute Gasteiger partial charge is 0.391 e. The molecule has 0 aromatic heterocycles. The number of ether oxygens (including phenoxy) is 1. The Balaban J connectivity index is 0.000000433. The van der Waals surface area contributed by atoms with Crippen LogP contribution in [0.1, 0.15) is 0 Å². The van der Waals surface area contributed by atoms with E-state index < -0.39 is 34.0 Å². The van der Waals surface area contributed by atoms with E-state index in [1.54, 1.807) is 12.1 Å². The fourth-order valence-electron chi connectivity index (χ4n) is 0.897. The van der Waals surface area contributed by atoms with Crippen LogP contribution in [0.4, 0.5) is 0 Å². The summed E-state index contributed by atoms with van der Waals surface area (Å²) in [7, 11) is -2.49. The Labute approximate surface area is 122 Å². The molecule has 1 rings (SSSR count). The summed E-state index contributed by atoms with van der Waals surface area (Å²) in [4.78, 5) is 17.1. The number of aliphatic hydroxyl groups excluding tert-OH is 3. The number of rotatable bonds is 6. The van der Waals surface area contributed by atoms with Gasteiger partial charge in [0.1, 0.15) is 0 Å². The Morgan fingerprint density at radius 3 is 1.90 bits per heavy atom. The van der Waals surface area contributed by atoms with E-state index in [4.69, 9.17) is 36.1 Å². The topological polar surface area (TPSA) is 169 Å². The minimum atomic E-state index is -2.49. The molecule has 0 fully saturated rings. The highest BCUT2D eigenvalue weighted by Crippen LogP contribution is 2.35. The van der Waals surface area contributed by atoms with Crippen LogP contribution in [0.2, 0.25) is 0 Å². The standard InChI is InChI=1S/C7H6NO4P.C4H11NO3/c8-5-11-6-3-1-2-4-7(6)12-13(9)10;5-4(1-6,2-7)3-8/h1-4,9-10H;6-8H,1-3,5H2. The van der Waals surface area contributed by atoms with Crippen molar-refractivity contribution in [2.75, 3.05) is 19.8 Å². The Morgan fingerprint density at radius 1 is 1.10 bits per heavy atom. The molecule has 0 heterocycles. The van der Waals surface area contributed by atoms with Gasteiger partial charge in [-0.2, -0.15) is 0 Å². The number of para-hydroxylation sites is 2. The average Bonchev–Trinajstić information content (AvgIpc) is 2.49. The van der Waals surface area contributed by atoms with Crippen LogP contribution in [-0.4, -0.2) is 50.5 Å². The van der Waals surface area contributed by atoms with Crippen molar-refractivity contribution >= 4 is 8.60 Å². The van der Waals surface area contributed by atoms with Crippen molar-refractivity contribution in [3.05, 3.63) is 24.3 Å². The zero-order chi connectivity index (χ0) is 16.3. The predicted octanol–water partition coefficient (Wildman–Crippen LogP) is -1.20. The lowest BCUT2D eigenvalue weighted by Crippen LogP contribution is -2.50. The molecule has 7 N–H and O–H groups in total. The van der Waals surface area contributed by atoms with Gasteiger partial charge in [-0.3, -0.25) is 0 Å². The predicted molar refractivity (Wildman–Crippen MR) is 72.8 cm³/mol. The molecule has 21 heavy (non-hydrogen) atoms. The average molecular weight is 320 g/mol. The lowest BCUT2D eigenvalue weighted by Gasteiger charge is -2.20. The van der Waals surface area contributed by atoms with E-state index in [2.05, 4.69) is 9.26 Å². The van der Waals surface area contributed by atoms with E-state index in [0.717, 1.165) is 0 Å². The summed E-state index contributed by atoms with van der Waals surface area (Å²) in [5, 5.41) is 33.3. The van der Waals surface area contributed by atoms with Crippen molar-refractivity contribution in [1.82, 2.24) is 0 Å². The molecule has 1 aromatic rings. The fraction of sp³-hybridized carbons (Fsp3) is 0.364. The molecule has 0 saturated heterocycles. The Morgan fingerprint density at radius 2 is 1.57 bits per heavy atom. The minimum Gasteiger partial charge on any atom is -0.423 e. The van der Waals surface area contributed by atoms with Crippen LogP contribution in [0.3, 0.4) is 0 Å². The van der Waals surface area contributed by atoms with E-state index in [0.29, 0.717) is 0 Å². The molecule has 0 aliphatic rings. The first-order chi connectivity index (χ1) is 9.92. The molecule has 0 spiro atoms. The third-order valence-corrected chi connectivity index (χ3v) is 2.49. The Kier molecular flexibility index (Phi) is 9.53. The lowest BCUT2D eigenvalue weighted by atomic mass is 10.1. The van der Waals surface area contributed by atoms with Gasteiger partial charge >= 0.3 is 8.60 Å². The molecule has 0 bridgehead atoms. The number of nitrogens with zero attached hydrogens (tertiary/aromatic N) is 1. The fourth-order valence-corrected chi connectivity index (χ4v) is 1.22. The number of benzene rings is 1. The SMILES string of the molecule is N#COc1ccccc1OP(O)O.NC(CO)(CO)CO. The third-order valence-electron chi connectivity index (χ3n) is 2.13. The summed E-state index contributed by atoms with van der Waals surface area (Å²) >= 11 is 0. The summed E-state index contributed by atoms with van der Waals surface area (Å²) in [6.07, 6.45) is 1.46. The van der Waals surface area contributed by atoms with Gasteiger partial charge < -0.3 is 40.1 Å². The van der Waals surface area contributed by atoms with Crippen molar-refractivity contribution in [1.29, 1.82) is 5.26 Å². The maximum Gasteiger partial charge on any atom is 0.391 e. The number of hydrogen-bond donors (Lipinski definition) is 6. The second-order valence-corrected chi connectivity index (χ2v) is 4.51. The quantitative estimate of drug-likeness (QED) is 0.278. The van der Waals surface area contributed by atoms with Crippen LogP contribution in [0.15, 0.2) is 24.3 Å². The zero-order valence-corrected chi connectivity index (χ0v) is 11.8. The van der Waals surface area contributed by atoms with Gasteiger partial charge in [0.2, 0.25) is 0 Å². The third kappa shape index (κ3) is 7.75. The Bertz CT molecular complexity index is 440. The van der Waals surface area contributed by atoms with Gasteiger partial charge in [0.15, 0.2) is 11.5 Å². The van der Waals surface area contributed by atoms with Gasteiger partial charge in [-0.05, 0) is 12.1 Å². The van der Waals surface area contributed by atoms with E-state index in [1.807, 2.05) is 0 Å². The second kappa shape index (κ2) is 10.3. The first-order valence-electron chi connectivity index (χ1n) is 5.54. The van der Waals surface area contributed by atoms with Crippen LogP contribution in [-0.2, 0) is 0 Å². The van der Waals surface area contributed by atoms with Gasteiger partial charge in [0, 0.05) is 0 Å². The molecule has 0 unspecified atom stereocenters. The molecule has 0 radical (unpaired) electrons. The normalized spacial score (nSPS) is 10.4. The molecule has 10 heteroatoms. The summed E-state index contributed by atoms with van der Waals surface area (Å²) in [6, 6.07) is 6.21. The summed E-state index contributed by atoms with van der Waals surface area (Å²) in [5.41, 5.74) is 3.94. The molecular formula is C11H17N2O7P.